The Morgan fingerprint density at radius 2 is 1.88 bits per heavy atom. The molecule has 0 saturated heterocycles. The summed E-state index contributed by atoms with van der Waals surface area (Å²) in [4.78, 5) is 9.73. The summed E-state index contributed by atoms with van der Waals surface area (Å²) in [6.07, 6.45) is -4.67. The third-order valence-electron chi connectivity index (χ3n) is 2.15. The molecule has 92 valence electrons. The quantitative estimate of drug-likeness (QED) is 0.566. The molecule has 1 aromatic rings. The minimum Gasteiger partial charge on any atom is -0.486 e. The fourth-order valence-corrected chi connectivity index (χ4v) is 1.43. The highest BCUT2D eigenvalue weighted by atomic mass is 19.4. The molecule has 1 aliphatic heterocycles. The summed E-state index contributed by atoms with van der Waals surface area (Å²) in [6, 6.07) is 1.13. The van der Waals surface area contributed by atoms with E-state index in [0.29, 0.717) is 12.1 Å². The van der Waals surface area contributed by atoms with Crippen LogP contribution in [0.1, 0.15) is 5.56 Å². The van der Waals surface area contributed by atoms with E-state index in [1.807, 2.05) is 0 Å². The van der Waals surface area contributed by atoms with Crippen LogP contribution in [0.15, 0.2) is 12.1 Å². The van der Waals surface area contributed by atoms with Crippen molar-refractivity contribution in [3.63, 3.8) is 0 Å². The van der Waals surface area contributed by atoms with Crippen LogP contribution in [0.5, 0.6) is 11.5 Å². The first-order valence-corrected chi connectivity index (χ1v) is 4.55. The lowest BCUT2D eigenvalue weighted by Crippen LogP contribution is -2.17. The molecule has 0 saturated carbocycles. The van der Waals surface area contributed by atoms with E-state index in [1.54, 1.807) is 0 Å². The number of halogens is 3. The van der Waals surface area contributed by atoms with Gasteiger partial charge in [0.05, 0.1) is 10.5 Å². The van der Waals surface area contributed by atoms with Gasteiger partial charge in [-0.1, -0.05) is 0 Å². The van der Waals surface area contributed by atoms with Gasteiger partial charge in [-0.3, -0.25) is 10.1 Å². The topological polar surface area (TPSA) is 61.6 Å². The van der Waals surface area contributed by atoms with Crippen molar-refractivity contribution in [2.75, 3.05) is 13.2 Å². The van der Waals surface area contributed by atoms with Crippen LogP contribution in [0.25, 0.3) is 0 Å². The standard InChI is InChI=1S/C9H6F3NO4/c10-9(11,12)5-3-6(13(14)15)8-7(4-5)16-1-2-17-8/h3-4H,1-2H2. The van der Waals surface area contributed by atoms with Crippen LogP contribution < -0.4 is 9.47 Å². The first-order valence-electron chi connectivity index (χ1n) is 4.55. The van der Waals surface area contributed by atoms with Crippen LogP contribution in [-0.4, -0.2) is 18.1 Å². The number of ether oxygens (including phenoxy) is 2. The van der Waals surface area contributed by atoms with Gasteiger partial charge in [0.1, 0.15) is 13.2 Å². The van der Waals surface area contributed by atoms with Gasteiger partial charge in [0.2, 0.25) is 5.75 Å². The fourth-order valence-electron chi connectivity index (χ4n) is 1.43. The number of nitrogens with zero attached hydrogens (tertiary/aromatic N) is 1. The Labute approximate surface area is 92.9 Å². The molecule has 5 nitrogen and oxygen atoms in total. The maximum atomic E-state index is 12.5. The highest BCUT2D eigenvalue weighted by molar-refractivity contribution is 5.59. The molecule has 1 aromatic carbocycles. The largest absolute Gasteiger partial charge is 0.486 e. The minimum absolute atomic E-state index is 0.0610. The van der Waals surface area contributed by atoms with E-state index in [9.17, 15) is 23.3 Å². The summed E-state index contributed by atoms with van der Waals surface area (Å²) in [6.45, 7) is 0.130. The van der Waals surface area contributed by atoms with Crippen molar-refractivity contribution in [1.82, 2.24) is 0 Å². The Morgan fingerprint density at radius 3 is 2.47 bits per heavy atom. The lowest BCUT2D eigenvalue weighted by atomic mass is 10.1. The molecule has 0 bridgehead atoms. The first-order chi connectivity index (χ1) is 7.89. The Balaban J connectivity index is 2.60. The molecule has 0 fully saturated rings. The molecule has 0 atom stereocenters. The minimum atomic E-state index is -4.67. The predicted molar refractivity (Wildman–Crippen MR) is 49.1 cm³/mol. The number of fused-ring (bicyclic) bond motifs is 1. The van der Waals surface area contributed by atoms with Gasteiger partial charge in [-0.15, -0.1) is 0 Å². The van der Waals surface area contributed by atoms with Crippen molar-refractivity contribution in [2.24, 2.45) is 0 Å². The zero-order chi connectivity index (χ0) is 12.6. The number of nitro benzene ring substituents is 1. The molecule has 2 rings (SSSR count). The van der Waals surface area contributed by atoms with Gasteiger partial charge >= 0.3 is 11.9 Å². The lowest BCUT2D eigenvalue weighted by Gasteiger charge is -2.19. The van der Waals surface area contributed by atoms with Crippen LogP contribution in [0, 0.1) is 10.1 Å². The van der Waals surface area contributed by atoms with Crippen molar-refractivity contribution >= 4 is 5.69 Å². The van der Waals surface area contributed by atoms with Crippen molar-refractivity contribution < 1.29 is 27.6 Å². The van der Waals surface area contributed by atoms with E-state index >= 15 is 0 Å². The third kappa shape index (κ3) is 2.10. The normalized spacial score (nSPS) is 14.5. The van der Waals surface area contributed by atoms with Crippen LogP contribution in [0.4, 0.5) is 18.9 Å². The van der Waals surface area contributed by atoms with E-state index < -0.39 is 22.4 Å². The molecule has 0 amide bonds. The van der Waals surface area contributed by atoms with E-state index in [1.165, 1.54) is 0 Å². The smallest absolute Gasteiger partial charge is 0.416 e. The average Bonchev–Trinajstić information content (AvgIpc) is 2.26. The second kappa shape index (κ2) is 3.79. The third-order valence-corrected chi connectivity index (χ3v) is 2.15. The Morgan fingerprint density at radius 1 is 1.24 bits per heavy atom. The Hall–Kier alpha value is -1.99. The fraction of sp³-hybridized carbons (Fsp3) is 0.333. The monoisotopic (exact) mass is 249 g/mol. The molecule has 0 aromatic heterocycles. The molecule has 0 aliphatic carbocycles. The van der Waals surface area contributed by atoms with Crippen molar-refractivity contribution in [3.05, 3.63) is 27.8 Å². The summed E-state index contributed by atoms with van der Waals surface area (Å²) in [5.74, 6) is -0.507. The molecule has 0 N–H and O–H groups in total. The van der Waals surface area contributed by atoms with Crippen LogP contribution in [0.3, 0.4) is 0 Å². The molecular formula is C9H6F3NO4. The number of hydrogen-bond donors (Lipinski definition) is 0. The maximum Gasteiger partial charge on any atom is 0.416 e. The zero-order valence-corrected chi connectivity index (χ0v) is 8.28. The molecule has 0 unspecified atom stereocenters. The van der Waals surface area contributed by atoms with Gasteiger partial charge in [0.25, 0.3) is 0 Å². The van der Waals surface area contributed by atoms with Crippen molar-refractivity contribution in [3.8, 4) is 11.5 Å². The summed E-state index contributed by atoms with van der Waals surface area (Å²) in [5.41, 5.74) is -1.87. The van der Waals surface area contributed by atoms with Crippen LogP contribution in [-0.2, 0) is 6.18 Å². The molecule has 1 aliphatic rings. The molecule has 8 heteroatoms. The number of alkyl halides is 3. The van der Waals surface area contributed by atoms with E-state index in [4.69, 9.17) is 9.47 Å². The highest BCUT2D eigenvalue weighted by Gasteiger charge is 2.36. The number of hydrogen-bond acceptors (Lipinski definition) is 4. The molecule has 1 heterocycles. The van der Waals surface area contributed by atoms with Gasteiger partial charge < -0.3 is 9.47 Å². The summed E-state index contributed by atoms with van der Waals surface area (Å²) < 4.78 is 47.3. The molecule has 0 radical (unpaired) electrons. The Kier molecular flexibility index (Phi) is 2.56. The van der Waals surface area contributed by atoms with Crippen molar-refractivity contribution in [1.29, 1.82) is 0 Å². The number of benzene rings is 1. The van der Waals surface area contributed by atoms with Gasteiger partial charge in [-0.2, -0.15) is 13.2 Å². The second-order valence-corrected chi connectivity index (χ2v) is 3.27. The van der Waals surface area contributed by atoms with Gasteiger partial charge in [-0.25, -0.2) is 0 Å². The average molecular weight is 249 g/mol. The summed E-state index contributed by atoms with van der Waals surface area (Å²) in [7, 11) is 0. The van der Waals surface area contributed by atoms with E-state index in [0.717, 1.165) is 0 Å². The van der Waals surface area contributed by atoms with Crippen LogP contribution >= 0.6 is 0 Å². The Bertz CT molecular complexity index is 472. The second-order valence-electron chi connectivity index (χ2n) is 3.27. The maximum absolute atomic E-state index is 12.5. The number of nitro groups is 1. The summed E-state index contributed by atoms with van der Waals surface area (Å²) >= 11 is 0. The molecule has 0 spiro atoms. The van der Waals surface area contributed by atoms with Crippen molar-refractivity contribution in [2.45, 2.75) is 6.18 Å². The molecule has 17 heavy (non-hydrogen) atoms. The van der Waals surface area contributed by atoms with Gasteiger partial charge in [0.15, 0.2) is 5.75 Å². The van der Waals surface area contributed by atoms with Gasteiger partial charge in [-0.05, 0) is 6.07 Å². The predicted octanol–water partition coefficient (Wildman–Crippen LogP) is 2.38. The SMILES string of the molecule is O=[N+]([O-])c1cc(C(F)(F)F)cc2c1OCCO2. The number of rotatable bonds is 1. The van der Waals surface area contributed by atoms with Crippen LogP contribution in [0.2, 0.25) is 0 Å². The molecular weight excluding hydrogens is 243 g/mol. The first kappa shape index (κ1) is 11.5. The van der Waals surface area contributed by atoms with E-state index in [2.05, 4.69) is 0 Å². The van der Waals surface area contributed by atoms with Gasteiger partial charge in [0, 0.05) is 6.07 Å². The summed E-state index contributed by atoms with van der Waals surface area (Å²) in [5, 5.41) is 10.7. The van der Waals surface area contributed by atoms with E-state index in [-0.39, 0.29) is 24.7 Å². The highest BCUT2D eigenvalue weighted by Crippen LogP contribution is 2.43. The zero-order valence-electron chi connectivity index (χ0n) is 8.28. The lowest BCUT2D eigenvalue weighted by molar-refractivity contribution is -0.386.